The van der Waals surface area contributed by atoms with E-state index < -0.39 is 0 Å². The molecule has 1 aromatic heterocycles. The molecule has 2 aliphatic rings. The highest BCUT2D eigenvalue weighted by atomic mass is 32.2. The quantitative estimate of drug-likeness (QED) is 0.594. The van der Waals surface area contributed by atoms with Gasteiger partial charge in [0, 0.05) is 6.54 Å². The lowest BCUT2D eigenvalue weighted by Gasteiger charge is -2.22. The normalized spacial score (nSPS) is 18.9. The second-order valence-corrected chi connectivity index (χ2v) is 10.3. The number of carbonyl (C=O) groups is 1. The van der Waals surface area contributed by atoms with Crippen LogP contribution in [0.3, 0.4) is 0 Å². The number of hydrogen-bond donors (Lipinski definition) is 1. The Bertz CT molecular complexity index is 828. The van der Waals surface area contributed by atoms with Crippen LogP contribution in [0.1, 0.15) is 63.3 Å². The van der Waals surface area contributed by atoms with Gasteiger partial charge in [-0.05, 0) is 57.2 Å². The van der Waals surface area contributed by atoms with Crippen molar-refractivity contribution < 1.29 is 4.79 Å². The number of benzene rings is 1. The Hall–Kier alpha value is -1.86. The summed E-state index contributed by atoms with van der Waals surface area (Å²) in [5.41, 5.74) is 1.22. The summed E-state index contributed by atoms with van der Waals surface area (Å²) in [5, 5.41) is 12.8. The average Bonchev–Trinajstić information content (AvgIpc) is 3.45. The van der Waals surface area contributed by atoms with Gasteiger partial charge < -0.3 is 9.88 Å². The second-order valence-electron chi connectivity index (χ2n) is 8.96. The summed E-state index contributed by atoms with van der Waals surface area (Å²) in [6.07, 6.45) is 8.94. The van der Waals surface area contributed by atoms with Gasteiger partial charge in [-0.1, -0.05) is 61.4 Å². The molecule has 1 amide bonds. The molecule has 1 aliphatic carbocycles. The van der Waals surface area contributed by atoms with E-state index in [1.165, 1.54) is 62.3 Å². The first kappa shape index (κ1) is 22.3. The van der Waals surface area contributed by atoms with Crippen molar-refractivity contribution in [2.45, 2.75) is 75.4 Å². The molecule has 7 heteroatoms. The third kappa shape index (κ3) is 6.32. The zero-order chi connectivity index (χ0) is 21.5. The van der Waals surface area contributed by atoms with E-state index in [1.807, 2.05) is 13.0 Å². The maximum atomic E-state index is 12.7. The van der Waals surface area contributed by atoms with E-state index in [9.17, 15) is 4.79 Å². The van der Waals surface area contributed by atoms with Crippen LogP contribution < -0.4 is 5.32 Å². The smallest absolute Gasteiger partial charge is 0.233 e. The molecule has 0 radical (unpaired) electrons. The van der Waals surface area contributed by atoms with Crippen molar-refractivity contribution in [3.8, 4) is 0 Å². The van der Waals surface area contributed by atoms with Crippen LogP contribution in [0.5, 0.6) is 0 Å². The van der Waals surface area contributed by atoms with Crippen molar-refractivity contribution in [1.82, 2.24) is 25.0 Å². The summed E-state index contributed by atoms with van der Waals surface area (Å²) in [4.78, 5) is 15.2. The Morgan fingerprint density at radius 3 is 2.55 bits per heavy atom. The zero-order valence-electron chi connectivity index (χ0n) is 18.6. The molecule has 6 nitrogen and oxygen atoms in total. The molecule has 1 atom stereocenters. The number of likely N-dealkylation sites (tertiary alicyclic amines) is 1. The van der Waals surface area contributed by atoms with Gasteiger partial charge in [0.15, 0.2) is 5.16 Å². The standard InChI is InChI=1S/C24H35N5OS/c1-19(23(30)25-16-20-10-4-2-5-11-20)31-24-27-26-22(18-28-14-8-9-15-28)29(24)17-21-12-6-3-7-13-21/h3,6-7,12-13,19-20H,2,4-5,8-11,14-18H2,1H3,(H,25,30). The number of nitrogens with one attached hydrogen (secondary N) is 1. The van der Waals surface area contributed by atoms with Crippen molar-refractivity contribution in [2.75, 3.05) is 19.6 Å². The molecule has 0 spiro atoms. The van der Waals surface area contributed by atoms with E-state index in [4.69, 9.17) is 0 Å². The Balaban J connectivity index is 1.41. The van der Waals surface area contributed by atoms with Crippen LogP contribution in [0.4, 0.5) is 0 Å². The van der Waals surface area contributed by atoms with Crippen LogP contribution in [-0.2, 0) is 17.9 Å². The molecule has 1 aromatic carbocycles. The molecule has 1 unspecified atom stereocenters. The molecular formula is C24H35N5OS. The Morgan fingerprint density at radius 2 is 1.81 bits per heavy atom. The number of aromatic nitrogens is 3. The summed E-state index contributed by atoms with van der Waals surface area (Å²) in [6, 6.07) is 10.4. The van der Waals surface area contributed by atoms with Gasteiger partial charge in [-0.3, -0.25) is 9.69 Å². The molecule has 0 bridgehead atoms. The molecule has 1 aliphatic heterocycles. The van der Waals surface area contributed by atoms with E-state index in [2.05, 4.69) is 49.2 Å². The maximum absolute atomic E-state index is 12.7. The predicted octanol–water partition coefficient (Wildman–Crippen LogP) is 4.10. The van der Waals surface area contributed by atoms with Crippen molar-refractivity contribution in [3.05, 3.63) is 41.7 Å². The number of nitrogens with zero attached hydrogens (tertiary/aromatic N) is 4. The lowest BCUT2D eigenvalue weighted by Crippen LogP contribution is -2.35. The van der Waals surface area contributed by atoms with Crippen LogP contribution in [-0.4, -0.2) is 50.5 Å². The summed E-state index contributed by atoms with van der Waals surface area (Å²) >= 11 is 1.52. The molecule has 4 rings (SSSR count). The van der Waals surface area contributed by atoms with E-state index in [0.29, 0.717) is 5.92 Å². The number of hydrogen-bond acceptors (Lipinski definition) is 5. The summed E-state index contributed by atoms with van der Waals surface area (Å²) in [7, 11) is 0. The van der Waals surface area contributed by atoms with E-state index in [-0.39, 0.29) is 11.2 Å². The SMILES string of the molecule is CC(Sc1nnc(CN2CCCC2)n1Cc1ccccc1)C(=O)NCC1CCCCC1. The number of amides is 1. The molecule has 2 aromatic rings. The molecule has 2 heterocycles. The molecule has 2 fully saturated rings. The first-order valence-electron chi connectivity index (χ1n) is 11.8. The van der Waals surface area contributed by atoms with Crippen LogP contribution in [0.25, 0.3) is 0 Å². The molecule has 168 valence electrons. The second kappa shape index (κ2) is 11.1. The van der Waals surface area contributed by atoms with Crippen LogP contribution in [0.15, 0.2) is 35.5 Å². The van der Waals surface area contributed by atoms with Gasteiger partial charge in [0.05, 0.1) is 18.3 Å². The number of thioether (sulfide) groups is 1. The van der Waals surface area contributed by atoms with E-state index in [1.54, 1.807) is 0 Å². The Labute approximate surface area is 190 Å². The highest BCUT2D eigenvalue weighted by molar-refractivity contribution is 8.00. The van der Waals surface area contributed by atoms with E-state index >= 15 is 0 Å². The number of rotatable bonds is 9. The van der Waals surface area contributed by atoms with Gasteiger partial charge in [0.2, 0.25) is 5.91 Å². The van der Waals surface area contributed by atoms with Gasteiger partial charge in [0.1, 0.15) is 5.82 Å². The lowest BCUT2D eigenvalue weighted by atomic mass is 9.89. The maximum Gasteiger partial charge on any atom is 0.233 e. The highest BCUT2D eigenvalue weighted by Crippen LogP contribution is 2.26. The van der Waals surface area contributed by atoms with Crippen LogP contribution in [0.2, 0.25) is 0 Å². The summed E-state index contributed by atoms with van der Waals surface area (Å²) in [6.45, 7) is 6.59. The zero-order valence-corrected chi connectivity index (χ0v) is 19.4. The molecule has 1 saturated heterocycles. The fourth-order valence-corrected chi connectivity index (χ4v) is 5.47. The first-order chi connectivity index (χ1) is 15.2. The van der Waals surface area contributed by atoms with Crippen LogP contribution >= 0.6 is 11.8 Å². The minimum Gasteiger partial charge on any atom is -0.355 e. The van der Waals surface area contributed by atoms with Gasteiger partial charge in [-0.15, -0.1) is 10.2 Å². The van der Waals surface area contributed by atoms with E-state index in [0.717, 1.165) is 43.7 Å². The third-order valence-electron chi connectivity index (χ3n) is 6.48. The Kier molecular flexibility index (Phi) is 8.03. The summed E-state index contributed by atoms with van der Waals surface area (Å²) in [5.74, 6) is 1.73. The fraction of sp³-hybridized carbons (Fsp3) is 0.625. The highest BCUT2D eigenvalue weighted by Gasteiger charge is 2.23. The monoisotopic (exact) mass is 441 g/mol. The number of carbonyl (C=O) groups excluding carboxylic acids is 1. The first-order valence-corrected chi connectivity index (χ1v) is 12.7. The van der Waals surface area contributed by atoms with Gasteiger partial charge >= 0.3 is 0 Å². The van der Waals surface area contributed by atoms with Gasteiger partial charge in [-0.2, -0.15) is 0 Å². The topological polar surface area (TPSA) is 63.1 Å². The summed E-state index contributed by atoms with van der Waals surface area (Å²) < 4.78 is 2.20. The van der Waals surface area contributed by atoms with Crippen LogP contribution in [0, 0.1) is 5.92 Å². The predicted molar refractivity (Wildman–Crippen MR) is 125 cm³/mol. The Morgan fingerprint density at radius 1 is 1.06 bits per heavy atom. The molecular weight excluding hydrogens is 406 g/mol. The molecule has 1 N–H and O–H groups in total. The third-order valence-corrected chi connectivity index (χ3v) is 7.56. The molecule has 1 saturated carbocycles. The molecule has 31 heavy (non-hydrogen) atoms. The minimum absolute atomic E-state index is 0.103. The van der Waals surface area contributed by atoms with Crippen molar-refractivity contribution in [3.63, 3.8) is 0 Å². The fourth-order valence-electron chi connectivity index (χ4n) is 4.58. The minimum atomic E-state index is -0.193. The largest absolute Gasteiger partial charge is 0.355 e. The average molecular weight is 442 g/mol. The van der Waals surface area contributed by atoms with Crippen molar-refractivity contribution in [1.29, 1.82) is 0 Å². The van der Waals surface area contributed by atoms with Gasteiger partial charge in [-0.25, -0.2) is 0 Å². The lowest BCUT2D eigenvalue weighted by molar-refractivity contribution is -0.120. The van der Waals surface area contributed by atoms with Gasteiger partial charge in [0.25, 0.3) is 0 Å². The van der Waals surface area contributed by atoms with Crippen molar-refractivity contribution >= 4 is 17.7 Å². The van der Waals surface area contributed by atoms with Crippen molar-refractivity contribution in [2.24, 2.45) is 5.92 Å².